The van der Waals surface area contributed by atoms with Crippen molar-refractivity contribution in [3.8, 4) is 0 Å². The van der Waals surface area contributed by atoms with Gasteiger partial charge in [-0.2, -0.15) is 0 Å². The minimum Gasteiger partial charge on any atom is -0.394 e. The molecule has 0 saturated heterocycles. The lowest BCUT2D eigenvalue weighted by Gasteiger charge is -2.25. The van der Waals surface area contributed by atoms with Crippen LogP contribution in [-0.2, 0) is 14.4 Å². The van der Waals surface area contributed by atoms with Crippen LogP contribution in [0.1, 0.15) is 19.8 Å². The summed E-state index contributed by atoms with van der Waals surface area (Å²) >= 11 is 0. The molecule has 0 radical (unpaired) electrons. The summed E-state index contributed by atoms with van der Waals surface area (Å²) in [5.41, 5.74) is 5.30. The molecule has 4 atom stereocenters. The SMILES string of the molecule is CC(=O)CCC(=O)C(=O)[C@H](N)[C@@H](O)[C@H](O)[C@H](O)CO. The Morgan fingerprint density at radius 1 is 1.05 bits per heavy atom. The number of nitrogens with two attached hydrogens (primary N) is 1. The largest absolute Gasteiger partial charge is 0.394 e. The first-order valence-corrected chi connectivity index (χ1v) is 5.69. The first-order chi connectivity index (χ1) is 8.72. The van der Waals surface area contributed by atoms with E-state index in [1.165, 1.54) is 6.92 Å². The maximum Gasteiger partial charge on any atom is 0.217 e. The number of aliphatic hydroxyl groups excluding tert-OH is 4. The summed E-state index contributed by atoms with van der Waals surface area (Å²) in [5, 5.41) is 36.5. The van der Waals surface area contributed by atoms with Crippen molar-refractivity contribution in [3.05, 3.63) is 0 Å². The molecule has 0 rings (SSSR count). The summed E-state index contributed by atoms with van der Waals surface area (Å²) < 4.78 is 0. The fraction of sp³-hybridized carbons (Fsp3) is 0.727. The average Bonchev–Trinajstić information content (AvgIpc) is 2.40. The van der Waals surface area contributed by atoms with Gasteiger partial charge in [0.15, 0.2) is 0 Å². The number of rotatable bonds is 9. The third-order valence-electron chi connectivity index (χ3n) is 2.58. The number of carbonyl (C=O) groups is 3. The molecule has 0 aromatic carbocycles. The predicted octanol–water partition coefficient (Wildman–Crippen LogP) is -3.10. The maximum atomic E-state index is 11.5. The van der Waals surface area contributed by atoms with Gasteiger partial charge in [0.05, 0.1) is 6.61 Å². The maximum absolute atomic E-state index is 11.5. The van der Waals surface area contributed by atoms with Crippen LogP contribution in [0.25, 0.3) is 0 Å². The molecular weight excluding hydrogens is 258 g/mol. The van der Waals surface area contributed by atoms with E-state index in [0.717, 1.165) is 0 Å². The van der Waals surface area contributed by atoms with Crippen LogP contribution in [0.4, 0.5) is 0 Å². The van der Waals surface area contributed by atoms with E-state index in [0.29, 0.717) is 0 Å². The summed E-state index contributed by atoms with van der Waals surface area (Å²) in [6, 6.07) is -1.73. The molecule has 110 valence electrons. The molecular formula is C11H19NO7. The van der Waals surface area contributed by atoms with E-state index >= 15 is 0 Å². The summed E-state index contributed by atoms with van der Waals surface area (Å²) in [6.07, 6.45) is -5.87. The van der Waals surface area contributed by atoms with Crippen LogP contribution < -0.4 is 5.73 Å². The number of aliphatic hydroxyl groups is 4. The van der Waals surface area contributed by atoms with Gasteiger partial charge < -0.3 is 31.0 Å². The van der Waals surface area contributed by atoms with Crippen molar-refractivity contribution in [2.45, 2.75) is 44.1 Å². The molecule has 8 heteroatoms. The highest BCUT2D eigenvalue weighted by atomic mass is 16.4. The van der Waals surface area contributed by atoms with Crippen LogP contribution in [0.2, 0.25) is 0 Å². The Morgan fingerprint density at radius 3 is 2.00 bits per heavy atom. The van der Waals surface area contributed by atoms with Crippen LogP contribution in [0.5, 0.6) is 0 Å². The second-order valence-corrected chi connectivity index (χ2v) is 4.25. The zero-order chi connectivity index (χ0) is 15.2. The molecule has 0 bridgehead atoms. The Bertz CT molecular complexity index is 344. The molecule has 8 nitrogen and oxygen atoms in total. The van der Waals surface area contributed by atoms with Crippen molar-refractivity contribution in [2.24, 2.45) is 5.73 Å². The van der Waals surface area contributed by atoms with Gasteiger partial charge >= 0.3 is 0 Å². The van der Waals surface area contributed by atoms with Crippen molar-refractivity contribution >= 4 is 17.3 Å². The first kappa shape index (κ1) is 17.8. The number of hydrogen-bond acceptors (Lipinski definition) is 8. The van der Waals surface area contributed by atoms with Crippen molar-refractivity contribution in [3.63, 3.8) is 0 Å². The smallest absolute Gasteiger partial charge is 0.217 e. The molecule has 0 aliphatic carbocycles. The number of hydrogen-bond donors (Lipinski definition) is 5. The van der Waals surface area contributed by atoms with E-state index in [2.05, 4.69) is 0 Å². The lowest BCUT2D eigenvalue weighted by Crippen LogP contribution is -2.54. The molecule has 0 aliphatic heterocycles. The van der Waals surface area contributed by atoms with Crippen molar-refractivity contribution in [1.82, 2.24) is 0 Å². The monoisotopic (exact) mass is 277 g/mol. The Balaban J connectivity index is 4.54. The molecule has 0 aromatic rings. The highest BCUT2D eigenvalue weighted by Crippen LogP contribution is 2.06. The average molecular weight is 277 g/mol. The number of Topliss-reactive ketones (excluding diaryl/α,β-unsaturated/α-hetero) is 3. The Labute approximate surface area is 109 Å². The topological polar surface area (TPSA) is 158 Å². The van der Waals surface area contributed by atoms with E-state index in [9.17, 15) is 24.6 Å². The Hall–Kier alpha value is -1.19. The van der Waals surface area contributed by atoms with Gasteiger partial charge in [-0.15, -0.1) is 0 Å². The minimum absolute atomic E-state index is 0.116. The molecule has 0 amide bonds. The Kier molecular flexibility index (Phi) is 7.57. The molecule has 0 unspecified atom stereocenters. The van der Waals surface area contributed by atoms with Crippen molar-refractivity contribution in [1.29, 1.82) is 0 Å². The second-order valence-electron chi connectivity index (χ2n) is 4.25. The summed E-state index contributed by atoms with van der Waals surface area (Å²) in [6.45, 7) is 0.422. The molecule has 0 saturated carbocycles. The minimum atomic E-state index is -1.89. The van der Waals surface area contributed by atoms with E-state index in [1.807, 2.05) is 0 Å². The predicted molar refractivity (Wildman–Crippen MR) is 63.0 cm³/mol. The van der Waals surface area contributed by atoms with Crippen molar-refractivity contribution in [2.75, 3.05) is 6.61 Å². The molecule has 0 fully saturated rings. The highest BCUT2D eigenvalue weighted by molar-refractivity contribution is 6.39. The Morgan fingerprint density at radius 2 is 1.58 bits per heavy atom. The van der Waals surface area contributed by atoms with Gasteiger partial charge in [0.25, 0.3) is 0 Å². The summed E-state index contributed by atoms with van der Waals surface area (Å²) in [5.74, 6) is -2.35. The molecule has 0 aliphatic rings. The zero-order valence-corrected chi connectivity index (χ0v) is 10.5. The van der Waals surface area contributed by atoms with Gasteiger partial charge in [-0.1, -0.05) is 0 Å². The zero-order valence-electron chi connectivity index (χ0n) is 10.5. The highest BCUT2D eigenvalue weighted by Gasteiger charge is 2.35. The van der Waals surface area contributed by atoms with E-state index in [-0.39, 0.29) is 18.6 Å². The number of ketones is 3. The van der Waals surface area contributed by atoms with Gasteiger partial charge in [0.1, 0.15) is 30.1 Å². The van der Waals surface area contributed by atoms with Crippen LogP contribution in [0.3, 0.4) is 0 Å². The van der Waals surface area contributed by atoms with Gasteiger partial charge in [-0.3, -0.25) is 9.59 Å². The van der Waals surface area contributed by atoms with Crippen LogP contribution in [0, 0.1) is 0 Å². The van der Waals surface area contributed by atoms with Crippen molar-refractivity contribution < 1.29 is 34.8 Å². The lowest BCUT2D eigenvalue weighted by atomic mass is 9.95. The molecule has 0 aromatic heterocycles. The fourth-order valence-corrected chi connectivity index (χ4v) is 1.30. The van der Waals surface area contributed by atoms with Gasteiger partial charge in [-0.25, -0.2) is 0 Å². The van der Waals surface area contributed by atoms with E-state index in [4.69, 9.17) is 15.9 Å². The van der Waals surface area contributed by atoms with E-state index < -0.39 is 42.5 Å². The van der Waals surface area contributed by atoms with Gasteiger partial charge in [0.2, 0.25) is 11.6 Å². The first-order valence-electron chi connectivity index (χ1n) is 5.69. The van der Waals surface area contributed by atoms with Crippen LogP contribution >= 0.6 is 0 Å². The molecule has 0 heterocycles. The second kappa shape index (κ2) is 8.08. The molecule has 0 spiro atoms. The van der Waals surface area contributed by atoms with Crippen LogP contribution in [0.15, 0.2) is 0 Å². The van der Waals surface area contributed by atoms with E-state index in [1.54, 1.807) is 0 Å². The normalized spacial score (nSPS) is 17.4. The molecule has 6 N–H and O–H groups in total. The standard InChI is InChI=1S/C11H19NO7/c1-5(14)2-3-6(15)9(17)8(12)11(19)10(18)7(16)4-13/h7-8,10-11,13,16,18-19H,2-4,12H2,1H3/t7-,8+,10-,11-/m1/s1. The quantitative estimate of drug-likeness (QED) is 0.277. The third-order valence-corrected chi connectivity index (χ3v) is 2.58. The summed E-state index contributed by atoms with van der Waals surface area (Å²) in [4.78, 5) is 33.5. The lowest BCUT2D eigenvalue weighted by molar-refractivity contribution is -0.142. The van der Waals surface area contributed by atoms with Crippen LogP contribution in [-0.4, -0.2) is 68.7 Å². The summed E-state index contributed by atoms with van der Waals surface area (Å²) in [7, 11) is 0. The van der Waals surface area contributed by atoms with Gasteiger partial charge in [0, 0.05) is 12.8 Å². The number of carbonyl (C=O) groups excluding carboxylic acids is 3. The fourth-order valence-electron chi connectivity index (χ4n) is 1.30. The van der Waals surface area contributed by atoms with Gasteiger partial charge in [-0.05, 0) is 6.92 Å². The molecule has 19 heavy (non-hydrogen) atoms. The third kappa shape index (κ3) is 5.53.